The fourth-order valence-electron chi connectivity index (χ4n) is 3.22. The Morgan fingerprint density at radius 1 is 1.00 bits per heavy atom. The molecule has 0 unspecified atom stereocenters. The first-order chi connectivity index (χ1) is 12.9. The summed E-state index contributed by atoms with van der Waals surface area (Å²) in [6, 6.07) is 12.7. The van der Waals surface area contributed by atoms with Crippen LogP contribution in [0.2, 0.25) is 5.02 Å². The van der Waals surface area contributed by atoms with Crippen molar-refractivity contribution in [2.45, 2.75) is 44.4 Å². The largest absolute Gasteiger partial charge is 0.394 e. The Balaban J connectivity index is 0.00000280. The molecule has 0 amide bonds. The van der Waals surface area contributed by atoms with E-state index in [9.17, 15) is 20.4 Å². The third-order valence-corrected chi connectivity index (χ3v) is 5.17. The number of hydrogen-bond acceptors (Lipinski definition) is 5. The molecule has 1 heterocycles. The number of ether oxygens (including phenoxy) is 1. The van der Waals surface area contributed by atoms with E-state index in [1.807, 2.05) is 24.3 Å². The molecule has 0 radical (unpaired) electrons. The molecule has 0 bridgehead atoms. The molecule has 1 aliphatic rings. The molecule has 0 aliphatic carbocycles. The molecule has 2 aromatic carbocycles. The van der Waals surface area contributed by atoms with Gasteiger partial charge in [0.15, 0.2) is 0 Å². The maximum Gasteiger partial charge on any atom is 0.113 e. The summed E-state index contributed by atoms with van der Waals surface area (Å²) in [4.78, 5) is 0. The van der Waals surface area contributed by atoms with Crippen molar-refractivity contribution in [2.75, 3.05) is 6.61 Å². The Labute approximate surface area is 170 Å². The molecule has 0 aromatic heterocycles. The third kappa shape index (κ3) is 4.56. The standard InChI is InChI=1S/C21H21ClO5.CH4/c1-2-12-3-5-13(6-4-12)9-15-10-14(7-8-16(15)22)21-20(26)19(25)18(24)17(11-23)27-21;/h1,3-8,10,17-21,23-26H,9,11H2;1H4/t17-,18-,19+,20-,21+;/m1./s1. The van der Waals surface area contributed by atoms with Gasteiger partial charge in [0.25, 0.3) is 0 Å². The monoisotopic (exact) mass is 404 g/mol. The van der Waals surface area contributed by atoms with E-state index >= 15 is 0 Å². The average molecular weight is 405 g/mol. The van der Waals surface area contributed by atoms with E-state index < -0.39 is 37.1 Å². The minimum Gasteiger partial charge on any atom is -0.394 e. The molecule has 1 aliphatic heterocycles. The Kier molecular flexibility index (Phi) is 7.62. The summed E-state index contributed by atoms with van der Waals surface area (Å²) >= 11 is 6.32. The number of halogens is 1. The lowest BCUT2D eigenvalue weighted by Gasteiger charge is -2.40. The number of aliphatic hydroxyl groups is 4. The topological polar surface area (TPSA) is 90.2 Å². The summed E-state index contributed by atoms with van der Waals surface area (Å²) in [5.41, 5.74) is 3.23. The molecule has 1 saturated heterocycles. The Morgan fingerprint density at radius 3 is 2.29 bits per heavy atom. The first-order valence-electron chi connectivity index (χ1n) is 8.59. The minimum atomic E-state index is -1.42. The number of benzene rings is 2. The summed E-state index contributed by atoms with van der Waals surface area (Å²) in [5, 5.41) is 40.2. The molecule has 28 heavy (non-hydrogen) atoms. The van der Waals surface area contributed by atoms with E-state index in [0.717, 1.165) is 16.7 Å². The quantitative estimate of drug-likeness (QED) is 0.586. The highest BCUT2D eigenvalue weighted by molar-refractivity contribution is 6.31. The molecule has 5 nitrogen and oxygen atoms in total. The predicted octanol–water partition coefficient (Wildman–Crippen LogP) is 2.06. The summed E-state index contributed by atoms with van der Waals surface area (Å²) in [5.74, 6) is 2.57. The number of rotatable bonds is 4. The molecule has 5 atom stereocenters. The molecule has 0 spiro atoms. The van der Waals surface area contributed by atoms with Crippen molar-refractivity contribution >= 4 is 11.6 Å². The van der Waals surface area contributed by atoms with E-state index in [2.05, 4.69) is 5.92 Å². The van der Waals surface area contributed by atoms with Crippen LogP contribution < -0.4 is 0 Å². The van der Waals surface area contributed by atoms with Crippen LogP contribution in [0.4, 0.5) is 0 Å². The SMILES string of the molecule is C.C#Cc1ccc(Cc2cc([C@@H]3O[C@H](CO)[C@@H](O)[C@H](O)[C@H]3O)ccc2Cl)cc1. The molecule has 3 rings (SSSR count). The van der Waals surface area contributed by atoms with Gasteiger partial charge in [0, 0.05) is 10.6 Å². The van der Waals surface area contributed by atoms with Crippen LogP contribution in [0.15, 0.2) is 42.5 Å². The van der Waals surface area contributed by atoms with Gasteiger partial charge in [-0.1, -0.05) is 49.2 Å². The van der Waals surface area contributed by atoms with Gasteiger partial charge in [0.2, 0.25) is 0 Å². The maximum absolute atomic E-state index is 10.3. The van der Waals surface area contributed by atoms with Gasteiger partial charge in [-0.05, 0) is 41.3 Å². The van der Waals surface area contributed by atoms with Crippen molar-refractivity contribution in [1.82, 2.24) is 0 Å². The van der Waals surface area contributed by atoms with Gasteiger partial charge in [-0.3, -0.25) is 0 Å². The van der Waals surface area contributed by atoms with Crippen molar-refractivity contribution in [3.8, 4) is 12.3 Å². The lowest BCUT2D eigenvalue weighted by molar-refractivity contribution is -0.231. The molecule has 2 aromatic rings. The summed E-state index contributed by atoms with van der Waals surface area (Å²) in [6.07, 6.45) is -0.0554. The van der Waals surface area contributed by atoms with Crippen LogP contribution in [0.25, 0.3) is 0 Å². The smallest absolute Gasteiger partial charge is 0.113 e. The zero-order valence-corrected chi connectivity index (χ0v) is 15.3. The zero-order chi connectivity index (χ0) is 19.6. The fourth-order valence-corrected chi connectivity index (χ4v) is 3.41. The molecule has 4 N–H and O–H groups in total. The Bertz CT molecular complexity index is 828. The predicted molar refractivity (Wildman–Crippen MR) is 108 cm³/mol. The van der Waals surface area contributed by atoms with Gasteiger partial charge in [0.05, 0.1) is 6.61 Å². The van der Waals surface area contributed by atoms with Crippen LogP contribution in [0.3, 0.4) is 0 Å². The lowest BCUT2D eigenvalue weighted by atomic mass is 9.90. The Hall–Kier alpha value is -1.91. The van der Waals surface area contributed by atoms with Gasteiger partial charge in [-0.15, -0.1) is 6.42 Å². The van der Waals surface area contributed by atoms with Gasteiger partial charge in [-0.2, -0.15) is 0 Å². The molecule has 1 fully saturated rings. The Morgan fingerprint density at radius 2 is 1.68 bits per heavy atom. The molecule has 6 heteroatoms. The second-order valence-corrected chi connectivity index (χ2v) is 7.03. The van der Waals surface area contributed by atoms with Crippen molar-refractivity contribution in [1.29, 1.82) is 0 Å². The number of aliphatic hydroxyl groups excluding tert-OH is 4. The van der Waals surface area contributed by atoms with E-state index in [-0.39, 0.29) is 7.43 Å². The van der Waals surface area contributed by atoms with Gasteiger partial charge in [-0.25, -0.2) is 0 Å². The lowest BCUT2D eigenvalue weighted by Crippen LogP contribution is -2.55. The maximum atomic E-state index is 10.3. The number of terminal acetylenes is 1. The van der Waals surface area contributed by atoms with Crippen LogP contribution in [-0.4, -0.2) is 51.4 Å². The van der Waals surface area contributed by atoms with E-state index in [0.29, 0.717) is 17.0 Å². The first kappa shape index (κ1) is 22.4. The highest BCUT2D eigenvalue weighted by atomic mass is 35.5. The van der Waals surface area contributed by atoms with Crippen LogP contribution in [0, 0.1) is 12.3 Å². The van der Waals surface area contributed by atoms with Gasteiger partial charge < -0.3 is 25.2 Å². The minimum absolute atomic E-state index is 0. The van der Waals surface area contributed by atoms with Crippen molar-refractivity contribution in [3.05, 3.63) is 69.7 Å². The summed E-state index contributed by atoms with van der Waals surface area (Å²) < 4.78 is 5.62. The van der Waals surface area contributed by atoms with Gasteiger partial charge >= 0.3 is 0 Å². The van der Waals surface area contributed by atoms with E-state index in [4.69, 9.17) is 22.8 Å². The highest BCUT2D eigenvalue weighted by Gasteiger charge is 2.43. The van der Waals surface area contributed by atoms with Crippen LogP contribution >= 0.6 is 11.6 Å². The van der Waals surface area contributed by atoms with Crippen molar-refractivity contribution in [2.24, 2.45) is 0 Å². The molecule has 0 saturated carbocycles. The van der Waals surface area contributed by atoms with Crippen molar-refractivity contribution < 1.29 is 25.2 Å². The van der Waals surface area contributed by atoms with E-state index in [1.54, 1.807) is 18.2 Å². The summed E-state index contributed by atoms with van der Waals surface area (Å²) in [6.45, 7) is -0.469. The molecular weight excluding hydrogens is 380 g/mol. The van der Waals surface area contributed by atoms with Crippen LogP contribution in [-0.2, 0) is 11.2 Å². The second-order valence-electron chi connectivity index (χ2n) is 6.62. The van der Waals surface area contributed by atoms with Crippen LogP contribution in [0.5, 0.6) is 0 Å². The van der Waals surface area contributed by atoms with Crippen LogP contribution in [0.1, 0.15) is 35.8 Å². The normalized spacial score (nSPS) is 26.9. The fraction of sp³-hybridized carbons (Fsp3) is 0.364. The zero-order valence-electron chi connectivity index (χ0n) is 14.5. The van der Waals surface area contributed by atoms with Gasteiger partial charge in [0.1, 0.15) is 30.5 Å². The van der Waals surface area contributed by atoms with E-state index in [1.165, 1.54) is 0 Å². The molecule has 150 valence electrons. The highest BCUT2D eigenvalue weighted by Crippen LogP contribution is 2.34. The first-order valence-corrected chi connectivity index (χ1v) is 8.96. The molecular formula is C22H25ClO5. The summed E-state index contributed by atoms with van der Waals surface area (Å²) in [7, 11) is 0. The third-order valence-electron chi connectivity index (χ3n) is 4.81. The van der Waals surface area contributed by atoms with Crippen molar-refractivity contribution in [3.63, 3.8) is 0 Å². The number of hydrogen-bond donors (Lipinski definition) is 4. The second kappa shape index (κ2) is 9.53. The average Bonchev–Trinajstić information content (AvgIpc) is 2.69.